The molecule has 1 rings (SSSR count). The first-order valence-electron chi connectivity index (χ1n) is 5.45. The number of nitrogens with zero attached hydrogens (tertiary/aromatic N) is 1. The van der Waals surface area contributed by atoms with Crippen LogP contribution in [0.4, 0.5) is 0 Å². The third-order valence-corrected chi connectivity index (χ3v) is 10.2. The fourth-order valence-electron chi connectivity index (χ4n) is 2.32. The molecule has 0 aliphatic carbocycles. The minimum absolute atomic E-state index is 0.502. The lowest BCUT2D eigenvalue weighted by molar-refractivity contribution is 1.10. The Morgan fingerprint density at radius 3 is 2.29 bits per heavy atom. The smallest absolute Gasteiger partial charge is 0.107 e. The van der Waals surface area contributed by atoms with Crippen molar-refractivity contribution in [2.75, 3.05) is 0 Å². The van der Waals surface area contributed by atoms with Gasteiger partial charge in [0.25, 0.3) is 0 Å². The third-order valence-electron chi connectivity index (χ3n) is 3.63. The van der Waals surface area contributed by atoms with Gasteiger partial charge in [0, 0.05) is 11.8 Å². The van der Waals surface area contributed by atoms with E-state index in [9.17, 15) is 0 Å². The highest BCUT2D eigenvalue weighted by Gasteiger charge is 2.37. The third kappa shape index (κ3) is 2.03. The fourth-order valence-corrected chi connectivity index (χ4v) is 7.14. The summed E-state index contributed by atoms with van der Waals surface area (Å²) >= 11 is 5.36. The largest absolute Gasteiger partial charge is 0.249 e. The second-order valence-electron chi connectivity index (χ2n) is 3.90. The molecule has 0 aromatic carbocycles. The average Bonchev–Trinajstić information content (AvgIpc) is 2.24. The highest BCUT2D eigenvalue weighted by molar-refractivity contribution is 7.80. The molecule has 0 fully saturated rings. The lowest BCUT2D eigenvalue weighted by Crippen LogP contribution is -2.40. The Morgan fingerprint density at radius 1 is 1.29 bits per heavy atom. The van der Waals surface area contributed by atoms with E-state index in [1.807, 2.05) is 6.21 Å². The molecule has 1 atom stereocenters. The molecule has 0 spiro atoms. The van der Waals surface area contributed by atoms with Crippen molar-refractivity contribution in [3.8, 4) is 0 Å². The number of thiocarbonyl (C=S) groups is 1. The molecule has 1 aliphatic rings. The van der Waals surface area contributed by atoms with Crippen LogP contribution in [-0.4, -0.2) is 19.3 Å². The van der Waals surface area contributed by atoms with Crippen molar-refractivity contribution in [3.63, 3.8) is 0 Å². The van der Waals surface area contributed by atoms with E-state index >= 15 is 0 Å². The van der Waals surface area contributed by atoms with Gasteiger partial charge in [0.2, 0.25) is 0 Å². The molecule has 3 heteroatoms. The lowest BCUT2D eigenvalue weighted by Gasteiger charge is -2.35. The zero-order valence-corrected chi connectivity index (χ0v) is 11.1. The number of aliphatic imine (C=N–C) groups is 1. The maximum absolute atomic E-state index is 5.36. The van der Waals surface area contributed by atoms with E-state index in [1.54, 1.807) is 0 Å². The van der Waals surface area contributed by atoms with Crippen molar-refractivity contribution in [1.29, 1.82) is 0 Å². The summed E-state index contributed by atoms with van der Waals surface area (Å²) in [5, 5.41) is 0. The Bertz CT molecular complexity index is 258. The minimum Gasteiger partial charge on any atom is -0.249 e. The molecule has 0 saturated heterocycles. The molecule has 1 nitrogen and oxygen atoms in total. The summed E-state index contributed by atoms with van der Waals surface area (Å²) in [6.45, 7) is 6.94. The van der Waals surface area contributed by atoms with Gasteiger partial charge in [-0.3, -0.25) is 0 Å². The maximum Gasteiger partial charge on any atom is 0.107 e. The summed E-state index contributed by atoms with van der Waals surface area (Å²) in [5.74, 6) is 0. The average molecular weight is 225 g/mol. The van der Waals surface area contributed by atoms with Crippen LogP contribution in [0.1, 0.15) is 20.8 Å². The van der Waals surface area contributed by atoms with E-state index in [4.69, 9.17) is 12.2 Å². The normalized spacial score (nSPS) is 21.6. The molecular formula is C11H19NSSi. The Balaban J connectivity index is 2.93. The molecule has 0 radical (unpaired) electrons. The number of dihydropyridines is 1. The van der Waals surface area contributed by atoms with Crippen LogP contribution in [0, 0.1) is 0 Å². The number of allylic oxidation sites excluding steroid dienone is 1. The van der Waals surface area contributed by atoms with E-state index < -0.39 is 8.07 Å². The first kappa shape index (κ1) is 11.8. The van der Waals surface area contributed by atoms with Gasteiger partial charge < -0.3 is 0 Å². The van der Waals surface area contributed by atoms with Gasteiger partial charge in [-0.2, -0.15) is 0 Å². The molecule has 0 saturated carbocycles. The number of rotatable bonds is 4. The molecule has 0 amide bonds. The highest BCUT2D eigenvalue weighted by atomic mass is 32.1. The van der Waals surface area contributed by atoms with Gasteiger partial charge >= 0.3 is 0 Å². The van der Waals surface area contributed by atoms with Crippen LogP contribution >= 0.6 is 12.2 Å². The summed E-state index contributed by atoms with van der Waals surface area (Å²) in [4.78, 5) is 5.20. The summed E-state index contributed by atoms with van der Waals surface area (Å²) < 4.78 is 0. The molecule has 1 unspecified atom stereocenters. The SMILES string of the molecule is CC[Si](CC)(CC)C1C=CC=NC1=S. The van der Waals surface area contributed by atoms with Crippen LogP contribution in [0.15, 0.2) is 17.1 Å². The Labute approximate surface area is 93.3 Å². The van der Waals surface area contributed by atoms with Gasteiger partial charge in [0.1, 0.15) is 4.99 Å². The zero-order chi connectivity index (χ0) is 10.6. The minimum atomic E-state index is -1.22. The second-order valence-corrected chi connectivity index (χ2v) is 9.79. The van der Waals surface area contributed by atoms with Gasteiger partial charge in [-0.15, -0.1) is 0 Å². The molecule has 0 bridgehead atoms. The predicted molar refractivity (Wildman–Crippen MR) is 71.2 cm³/mol. The number of hydrogen-bond donors (Lipinski definition) is 0. The van der Waals surface area contributed by atoms with E-state index in [0.29, 0.717) is 5.54 Å². The van der Waals surface area contributed by atoms with E-state index in [2.05, 4.69) is 37.9 Å². The maximum atomic E-state index is 5.36. The van der Waals surface area contributed by atoms with Crippen LogP contribution in [0.25, 0.3) is 0 Å². The summed E-state index contributed by atoms with van der Waals surface area (Å²) in [6.07, 6.45) is 6.15. The Hall–Kier alpha value is -0.283. The van der Waals surface area contributed by atoms with E-state index in [0.717, 1.165) is 4.99 Å². The highest BCUT2D eigenvalue weighted by Crippen LogP contribution is 2.36. The van der Waals surface area contributed by atoms with Gasteiger partial charge in [0.05, 0.1) is 8.07 Å². The molecule has 78 valence electrons. The first-order valence-corrected chi connectivity index (χ1v) is 8.55. The molecular weight excluding hydrogens is 206 g/mol. The molecule has 0 aromatic heterocycles. The molecule has 1 aliphatic heterocycles. The van der Waals surface area contributed by atoms with Crippen molar-refractivity contribution in [1.82, 2.24) is 0 Å². The molecule has 1 heterocycles. The quantitative estimate of drug-likeness (QED) is 0.523. The van der Waals surface area contributed by atoms with Gasteiger partial charge in [-0.25, -0.2) is 4.99 Å². The van der Waals surface area contributed by atoms with Crippen LogP contribution < -0.4 is 0 Å². The second kappa shape index (κ2) is 4.98. The van der Waals surface area contributed by atoms with Gasteiger partial charge in [-0.05, 0) is 6.08 Å². The van der Waals surface area contributed by atoms with Crippen molar-refractivity contribution in [2.45, 2.75) is 44.4 Å². The topological polar surface area (TPSA) is 12.4 Å². The van der Waals surface area contributed by atoms with Crippen LogP contribution in [0.2, 0.25) is 23.7 Å². The van der Waals surface area contributed by atoms with Crippen LogP contribution in [0.5, 0.6) is 0 Å². The monoisotopic (exact) mass is 225 g/mol. The van der Waals surface area contributed by atoms with E-state index in [-0.39, 0.29) is 0 Å². The first-order chi connectivity index (χ1) is 6.70. The Morgan fingerprint density at radius 2 is 1.86 bits per heavy atom. The van der Waals surface area contributed by atoms with Crippen molar-refractivity contribution in [3.05, 3.63) is 12.2 Å². The van der Waals surface area contributed by atoms with Gasteiger partial charge in [0.15, 0.2) is 0 Å². The Kier molecular flexibility index (Phi) is 4.20. The van der Waals surface area contributed by atoms with Crippen LogP contribution in [-0.2, 0) is 0 Å². The summed E-state index contributed by atoms with van der Waals surface area (Å²) in [7, 11) is -1.22. The summed E-state index contributed by atoms with van der Waals surface area (Å²) in [6, 6.07) is 3.93. The molecule has 14 heavy (non-hydrogen) atoms. The van der Waals surface area contributed by atoms with Gasteiger partial charge in [-0.1, -0.05) is 57.2 Å². The molecule has 0 N–H and O–H groups in total. The standard InChI is InChI=1S/C11H19NSSi/c1-4-14(5-2,6-3)10-8-7-9-12-11(10)13/h7-10H,4-6H2,1-3H3. The van der Waals surface area contributed by atoms with Crippen molar-refractivity contribution in [2.24, 2.45) is 4.99 Å². The lowest BCUT2D eigenvalue weighted by atomic mass is 10.3. The van der Waals surface area contributed by atoms with E-state index in [1.165, 1.54) is 18.1 Å². The van der Waals surface area contributed by atoms with Crippen molar-refractivity contribution < 1.29 is 0 Å². The zero-order valence-electron chi connectivity index (χ0n) is 9.29. The molecule has 0 aromatic rings. The number of hydrogen-bond acceptors (Lipinski definition) is 1. The fraction of sp³-hybridized carbons (Fsp3) is 0.636. The summed E-state index contributed by atoms with van der Waals surface area (Å²) in [5.41, 5.74) is 0.502. The predicted octanol–water partition coefficient (Wildman–Crippen LogP) is 3.83. The van der Waals surface area contributed by atoms with Crippen molar-refractivity contribution >= 4 is 31.5 Å². The van der Waals surface area contributed by atoms with Crippen LogP contribution in [0.3, 0.4) is 0 Å².